The van der Waals surface area contributed by atoms with Gasteiger partial charge < -0.3 is 0 Å². The number of rotatable bonds is 15. The van der Waals surface area contributed by atoms with Gasteiger partial charge in [-0.2, -0.15) is 0 Å². The van der Waals surface area contributed by atoms with Gasteiger partial charge in [-0.1, -0.05) is 0 Å². The minimum atomic E-state index is -8.93. The maximum absolute atomic E-state index is 15.0. The Morgan fingerprint density at radius 1 is 0.457 bits per heavy atom. The third kappa shape index (κ3) is 10.9. The zero-order valence-corrected chi connectivity index (χ0v) is 21.2. The van der Waals surface area contributed by atoms with Crippen LogP contribution < -0.4 is 0 Å². The molecule has 0 aliphatic heterocycles. The Morgan fingerprint density at radius 2 is 0.771 bits per heavy atom. The van der Waals surface area contributed by atoms with Gasteiger partial charge in [0.1, 0.15) is 0 Å². The van der Waals surface area contributed by atoms with E-state index in [-0.39, 0.29) is 6.42 Å². The van der Waals surface area contributed by atoms with Crippen LogP contribution in [-0.4, -0.2) is 55.7 Å². The van der Waals surface area contributed by atoms with E-state index >= 15 is 26.3 Å². The van der Waals surface area contributed by atoms with Crippen LogP contribution in [0.5, 0.6) is 0 Å². The van der Waals surface area contributed by atoms with Crippen LogP contribution in [0.3, 0.4) is 0 Å². The number of alkyl halides is 15. The van der Waals surface area contributed by atoms with Gasteiger partial charge in [0.2, 0.25) is 0 Å². The number of unbranched alkanes of at least 4 members (excludes halogenated alkanes) is 3. The summed E-state index contributed by atoms with van der Waals surface area (Å²) in [6.07, 6.45) is -31.8. The molecule has 0 aromatic rings. The van der Waals surface area contributed by atoms with Crippen LogP contribution in [0, 0.1) is 0 Å². The first kappa shape index (κ1) is 34.7. The monoisotopic (exact) mass is 662 g/mol. The predicted molar refractivity (Wildman–Crippen MR) is 96.6 cm³/mol. The molecule has 0 unspecified atom stereocenters. The average molecular weight is 661 g/mol. The van der Waals surface area contributed by atoms with Crippen molar-refractivity contribution in [1.82, 2.24) is 0 Å². The van der Waals surface area contributed by atoms with Crippen molar-refractivity contribution in [2.75, 3.05) is 6.61 Å². The van der Waals surface area contributed by atoms with Gasteiger partial charge in [0, 0.05) is 0 Å². The van der Waals surface area contributed by atoms with Crippen LogP contribution >= 0.6 is 0 Å². The number of hydrogen-bond acceptors (Lipinski definition) is 1. The third-order valence-electron chi connectivity index (χ3n) is 5.03. The van der Waals surface area contributed by atoms with Gasteiger partial charge in [-0.15, -0.1) is 0 Å². The standard InChI is InChI=1S/C6H13O.3C4H4F5.Sn/c1-2-3-4-5-6-7;3*5-3(6)1-2-4(7,8)9;/h2-6H2,1H3;3*1-2H2;/q-1;;;;+1. The van der Waals surface area contributed by atoms with Gasteiger partial charge >= 0.3 is 196 Å². The van der Waals surface area contributed by atoms with E-state index in [9.17, 15) is 39.5 Å². The minimum absolute atomic E-state index is 0.0365. The van der Waals surface area contributed by atoms with E-state index in [0.29, 0.717) is 12.8 Å². The first-order valence-electron chi connectivity index (χ1n) is 10.4. The van der Waals surface area contributed by atoms with Crippen molar-refractivity contribution in [3.63, 3.8) is 0 Å². The predicted octanol–water partition coefficient (Wildman–Crippen LogP) is 9.08. The molecule has 0 bridgehead atoms. The van der Waals surface area contributed by atoms with Gasteiger partial charge in [-0.05, 0) is 0 Å². The summed E-state index contributed by atoms with van der Waals surface area (Å²) >= 11 is -8.93. The van der Waals surface area contributed by atoms with Gasteiger partial charge in [0.25, 0.3) is 0 Å². The molecule has 0 radical (unpaired) electrons. The van der Waals surface area contributed by atoms with Gasteiger partial charge in [0.05, 0.1) is 0 Å². The molecule has 0 fully saturated rings. The van der Waals surface area contributed by atoms with E-state index < -0.39 is 101 Å². The molecule has 0 atom stereocenters. The molecule has 35 heavy (non-hydrogen) atoms. The molecule has 0 saturated carbocycles. The van der Waals surface area contributed by atoms with E-state index in [1.807, 2.05) is 0 Å². The molecular formula is C18H25F15OSn. The zero-order chi connectivity index (χ0) is 28.0. The Kier molecular flexibility index (Phi) is 12.4. The van der Waals surface area contributed by atoms with Gasteiger partial charge in [0.15, 0.2) is 0 Å². The Balaban J connectivity index is 6.71. The SMILES string of the molecule is CCCCCC[O][Sn]([C](F)(F)CCC(F)(F)F)([C](F)(F)CCC(F)(F)F)[C](F)(F)CCC(F)(F)F. The molecule has 0 saturated heterocycles. The molecule has 0 rings (SSSR count). The molecule has 17 heteroatoms. The van der Waals surface area contributed by atoms with Crippen molar-refractivity contribution >= 4 is 18.8 Å². The molecular weight excluding hydrogens is 636 g/mol. The summed E-state index contributed by atoms with van der Waals surface area (Å²) in [7, 11) is 0. The fourth-order valence-corrected chi connectivity index (χ4v) is 15.1. The topological polar surface area (TPSA) is 9.23 Å². The molecule has 0 N–H and O–H groups in total. The maximum atomic E-state index is 15.0. The molecule has 0 amide bonds. The Morgan fingerprint density at radius 3 is 1.03 bits per heavy atom. The summed E-state index contributed by atoms with van der Waals surface area (Å²) in [5, 5.41) is 0. The van der Waals surface area contributed by atoms with Crippen LogP contribution in [0.2, 0.25) is 0 Å². The molecule has 0 aliphatic carbocycles. The molecule has 0 aromatic heterocycles. The summed E-state index contributed by atoms with van der Waals surface area (Å²) in [5.41, 5.74) is 0. The van der Waals surface area contributed by atoms with Crippen molar-refractivity contribution < 1.29 is 68.9 Å². The summed E-state index contributed by atoms with van der Waals surface area (Å²) in [6.45, 7) is 0.327. The molecule has 0 heterocycles. The van der Waals surface area contributed by atoms with Crippen LogP contribution in [0.1, 0.15) is 71.1 Å². The summed E-state index contributed by atoms with van der Waals surface area (Å²) in [4.78, 5) is 0. The van der Waals surface area contributed by atoms with Crippen LogP contribution in [0.15, 0.2) is 0 Å². The number of halogens is 15. The molecule has 0 aliphatic rings. The van der Waals surface area contributed by atoms with Crippen molar-refractivity contribution in [3.8, 4) is 0 Å². The fourth-order valence-electron chi connectivity index (χ4n) is 3.30. The third-order valence-corrected chi connectivity index (χ3v) is 17.8. The van der Waals surface area contributed by atoms with Crippen molar-refractivity contribution in [2.45, 2.75) is 101 Å². The zero-order valence-electron chi connectivity index (χ0n) is 18.4. The second kappa shape index (κ2) is 12.5. The Bertz CT molecular complexity index is 551. The fraction of sp³-hybridized carbons (Fsp3) is 1.00. The summed E-state index contributed by atoms with van der Waals surface area (Å²) in [6, 6.07) is 0. The quantitative estimate of drug-likeness (QED) is 0.0968. The number of hydrogen-bond donors (Lipinski definition) is 0. The normalized spacial score (nSPS) is 15.1. The molecule has 1 nitrogen and oxygen atoms in total. The summed E-state index contributed by atoms with van der Waals surface area (Å²) < 4.78 is 190. The Labute approximate surface area is 196 Å². The Hall–Kier alpha value is -0.291. The average Bonchev–Trinajstić information content (AvgIpc) is 2.64. The second-order valence-electron chi connectivity index (χ2n) is 8.05. The molecule has 0 aromatic carbocycles. The van der Waals surface area contributed by atoms with Gasteiger partial charge in [-0.3, -0.25) is 0 Å². The van der Waals surface area contributed by atoms with E-state index in [1.54, 1.807) is 6.92 Å². The van der Waals surface area contributed by atoms with E-state index in [1.165, 1.54) is 0 Å². The van der Waals surface area contributed by atoms with Crippen molar-refractivity contribution in [1.29, 1.82) is 0 Å². The van der Waals surface area contributed by atoms with Crippen LogP contribution in [0.4, 0.5) is 65.9 Å². The molecule has 0 spiro atoms. The van der Waals surface area contributed by atoms with Crippen LogP contribution in [-0.2, 0) is 3.07 Å². The van der Waals surface area contributed by atoms with Crippen LogP contribution in [0.25, 0.3) is 0 Å². The molecule has 212 valence electrons. The summed E-state index contributed by atoms with van der Waals surface area (Å²) in [5.74, 6) is 0. The van der Waals surface area contributed by atoms with Gasteiger partial charge in [-0.25, -0.2) is 0 Å². The second-order valence-corrected chi connectivity index (χ2v) is 19.0. The van der Waals surface area contributed by atoms with E-state index in [4.69, 9.17) is 0 Å². The first-order chi connectivity index (χ1) is 15.4. The van der Waals surface area contributed by atoms with E-state index in [2.05, 4.69) is 3.07 Å². The van der Waals surface area contributed by atoms with Crippen molar-refractivity contribution in [3.05, 3.63) is 0 Å². The first-order valence-corrected chi connectivity index (χ1v) is 15.9. The van der Waals surface area contributed by atoms with Crippen molar-refractivity contribution in [2.24, 2.45) is 0 Å². The van der Waals surface area contributed by atoms with E-state index in [0.717, 1.165) is 0 Å².